The minimum atomic E-state index is -0.495. The number of hydrogen-bond donors (Lipinski definition) is 1. The van der Waals surface area contributed by atoms with Gasteiger partial charge in [-0.1, -0.05) is 62.0 Å². The molecule has 1 amide bonds. The van der Waals surface area contributed by atoms with Crippen LogP contribution in [-0.4, -0.2) is 40.7 Å². The van der Waals surface area contributed by atoms with Gasteiger partial charge in [-0.15, -0.1) is 5.10 Å². The Bertz CT molecular complexity index is 1390. The quantitative estimate of drug-likeness (QED) is 0.373. The summed E-state index contributed by atoms with van der Waals surface area (Å²) in [7, 11) is 1.81. The summed E-state index contributed by atoms with van der Waals surface area (Å²) in [5, 5.41) is 14.9. The van der Waals surface area contributed by atoms with Gasteiger partial charge in [0.2, 0.25) is 11.1 Å². The summed E-state index contributed by atoms with van der Waals surface area (Å²) in [6.45, 7) is 7.90. The van der Waals surface area contributed by atoms with Gasteiger partial charge in [0.1, 0.15) is 0 Å². The highest BCUT2D eigenvalue weighted by atomic mass is 32.2. The minimum absolute atomic E-state index is 0.160. The second-order valence-electron chi connectivity index (χ2n) is 8.43. The molecule has 182 valence electrons. The maximum atomic E-state index is 13.4. The van der Waals surface area contributed by atoms with Gasteiger partial charge in [-0.25, -0.2) is 4.68 Å². The maximum Gasteiger partial charge on any atom is 0.297 e. The van der Waals surface area contributed by atoms with Crippen molar-refractivity contribution in [2.24, 2.45) is 7.05 Å². The van der Waals surface area contributed by atoms with E-state index in [0.717, 1.165) is 23.4 Å². The van der Waals surface area contributed by atoms with Gasteiger partial charge >= 0.3 is 0 Å². The van der Waals surface area contributed by atoms with Crippen LogP contribution in [0, 0.1) is 6.92 Å². The molecule has 35 heavy (non-hydrogen) atoms. The van der Waals surface area contributed by atoms with E-state index in [-0.39, 0.29) is 11.5 Å². The fraction of sp³-hybridized carbons (Fsp3) is 0.320. The Balaban J connectivity index is 1.60. The molecule has 9 nitrogen and oxygen atoms in total. The number of carbonyl (C=O) groups excluding carboxylic acids is 1. The van der Waals surface area contributed by atoms with Crippen molar-refractivity contribution in [3.05, 3.63) is 76.2 Å². The highest BCUT2D eigenvalue weighted by Gasteiger charge is 2.25. The number of thioether (sulfide) groups is 1. The van der Waals surface area contributed by atoms with Gasteiger partial charge < -0.3 is 5.32 Å². The minimum Gasteiger partial charge on any atom is -0.325 e. The van der Waals surface area contributed by atoms with Gasteiger partial charge in [0.15, 0.2) is 5.69 Å². The van der Waals surface area contributed by atoms with Gasteiger partial charge in [0.05, 0.1) is 16.6 Å². The smallest absolute Gasteiger partial charge is 0.297 e. The third kappa shape index (κ3) is 4.79. The molecule has 2 heterocycles. The van der Waals surface area contributed by atoms with Crippen LogP contribution < -0.4 is 10.9 Å². The highest BCUT2D eigenvalue weighted by molar-refractivity contribution is 8.00. The van der Waals surface area contributed by atoms with Crippen molar-refractivity contribution in [1.29, 1.82) is 0 Å². The first kappa shape index (κ1) is 24.5. The number of nitrogens with one attached hydrogen (secondary N) is 1. The molecule has 0 bridgehead atoms. The molecule has 0 aliphatic rings. The van der Waals surface area contributed by atoms with E-state index in [4.69, 9.17) is 0 Å². The first-order chi connectivity index (χ1) is 16.8. The number of amides is 1. The molecule has 1 N–H and O–H groups in total. The van der Waals surface area contributed by atoms with Crippen molar-refractivity contribution in [2.75, 3.05) is 5.32 Å². The van der Waals surface area contributed by atoms with Crippen LogP contribution >= 0.6 is 11.8 Å². The Kier molecular flexibility index (Phi) is 7.20. The number of nitrogens with zero attached hydrogens (tertiary/aromatic N) is 6. The summed E-state index contributed by atoms with van der Waals surface area (Å²) in [5.74, 6) is 0.168. The van der Waals surface area contributed by atoms with Crippen LogP contribution in [-0.2, 0) is 11.8 Å². The SMILES string of the molecule is CCC(C)c1ccccc1NC(=O)C(C)Sc1nnnn1-c1c(C)n(C)n(-c2ccccc2)c1=O. The average molecular weight is 492 g/mol. The average Bonchev–Trinajstić information content (AvgIpc) is 3.40. The van der Waals surface area contributed by atoms with E-state index in [1.807, 2.05) is 68.6 Å². The number of aromatic nitrogens is 6. The fourth-order valence-electron chi connectivity index (χ4n) is 3.90. The van der Waals surface area contributed by atoms with Gasteiger partial charge in [-0.2, -0.15) is 4.68 Å². The lowest BCUT2D eigenvalue weighted by Crippen LogP contribution is -2.24. The summed E-state index contributed by atoms with van der Waals surface area (Å²) in [6, 6.07) is 17.2. The maximum absolute atomic E-state index is 13.4. The Morgan fingerprint density at radius 1 is 1.09 bits per heavy atom. The predicted molar refractivity (Wildman–Crippen MR) is 138 cm³/mol. The van der Waals surface area contributed by atoms with Crippen molar-refractivity contribution in [2.45, 2.75) is 50.4 Å². The van der Waals surface area contributed by atoms with E-state index in [2.05, 4.69) is 34.7 Å². The van der Waals surface area contributed by atoms with E-state index in [1.54, 1.807) is 16.3 Å². The van der Waals surface area contributed by atoms with Crippen LogP contribution in [0.15, 0.2) is 64.5 Å². The molecule has 0 saturated carbocycles. The molecule has 0 aliphatic heterocycles. The molecule has 0 spiro atoms. The number of hydrogen-bond acceptors (Lipinski definition) is 6. The second kappa shape index (κ2) is 10.3. The first-order valence-corrected chi connectivity index (χ1v) is 12.4. The van der Waals surface area contributed by atoms with E-state index in [1.165, 1.54) is 16.4 Å². The van der Waals surface area contributed by atoms with E-state index < -0.39 is 5.25 Å². The number of para-hydroxylation sites is 2. The standard InChI is InChI=1S/C25H29N7O2S/c1-6-16(2)20-14-10-11-15-21(20)26-23(33)18(4)35-25-27-28-29-31(25)22-17(3)30(5)32(24(22)34)19-12-8-7-9-13-19/h7-16,18H,6H2,1-5H3,(H,26,33). The molecular formula is C25H29N7O2S. The van der Waals surface area contributed by atoms with Gasteiger partial charge in [-0.05, 0) is 60.4 Å². The molecule has 0 fully saturated rings. The number of benzene rings is 2. The Hall–Kier alpha value is -3.66. The largest absolute Gasteiger partial charge is 0.325 e. The lowest BCUT2D eigenvalue weighted by Gasteiger charge is -2.17. The van der Waals surface area contributed by atoms with E-state index in [9.17, 15) is 9.59 Å². The Morgan fingerprint density at radius 3 is 2.49 bits per heavy atom. The molecule has 2 aromatic heterocycles. The number of tetrazole rings is 1. The van der Waals surface area contributed by atoms with Crippen molar-refractivity contribution < 1.29 is 4.79 Å². The van der Waals surface area contributed by atoms with Crippen LogP contribution in [0.3, 0.4) is 0 Å². The fourth-order valence-corrected chi connectivity index (χ4v) is 4.69. The summed E-state index contributed by atoms with van der Waals surface area (Å²) >= 11 is 1.20. The number of carbonyl (C=O) groups is 1. The molecular weight excluding hydrogens is 462 g/mol. The van der Waals surface area contributed by atoms with Gasteiger partial charge in [0, 0.05) is 12.7 Å². The zero-order valence-corrected chi connectivity index (χ0v) is 21.3. The van der Waals surface area contributed by atoms with E-state index >= 15 is 0 Å². The summed E-state index contributed by atoms with van der Waals surface area (Å²) in [4.78, 5) is 26.4. The predicted octanol–water partition coefficient (Wildman–Crippen LogP) is 4.09. The third-order valence-electron chi connectivity index (χ3n) is 6.19. The highest BCUT2D eigenvalue weighted by Crippen LogP contribution is 2.29. The van der Waals surface area contributed by atoms with E-state index in [0.29, 0.717) is 22.5 Å². The topological polar surface area (TPSA) is 99.6 Å². The van der Waals surface area contributed by atoms with Gasteiger partial charge in [0.25, 0.3) is 5.56 Å². The molecule has 0 aliphatic carbocycles. The molecule has 2 atom stereocenters. The zero-order valence-electron chi connectivity index (χ0n) is 20.5. The van der Waals surface area contributed by atoms with Crippen molar-refractivity contribution in [1.82, 2.24) is 29.6 Å². The zero-order chi connectivity index (χ0) is 25.1. The molecule has 2 unspecified atom stereocenters. The lowest BCUT2D eigenvalue weighted by molar-refractivity contribution is -0.115. The molecule has 0 radical (unpaired) electrons. The Morgan fingerprint density at radius 2 is 1.77 bits per heavy atom. The number of anilines is 1. The second-order valence-corrected chi connectivity index (χ2v) is 9.74. The molecule has 0 saturated heterocycles. The Labute approximate surface area is 208 Å². The van der Waals surface area contributed by atoms with Crippen molar-refractivity contribution in [3.8, 4) is 11.4 Å². The molecule has 10 heteroatoms. The number of rotatable bonds is 8. The molecule has 4 rings (SSSR count). The van der Waals surface area contributed by atoms with Crippen LogP contribution in [0.4, 0.5) is 5.69 Å². The van der Waals surface area contributed by atoms with Crippen LogP contribution in [0.25, 0.3) is 11.4 Å². The van der Waals surface area contributed by atoms with Crippen molar-refractivity contribution in [3.63, 3.8) is 0 Å². The van der Waals surface area contributed by atoms with Crippen LogP contribution in [0.1, 0.15) is 44.4 Å². The molecule has 4 aromatic rings. The molecule has 2 aromatic carbocycles. The normalized spacial score (nSPS) is 12.9. The van der Waals surface area contributed by atoms with Crippen LogP contribution in [0.5, 0.6) is 0 Å². The van der Waals surface area contributed by atoms with Crippen LogP contribution in [0.2, 0.25) is 0 Å². The first-order valence-electron chi connectivity index (χ1n) is 11.5. The summed E-state index contributed by atoms with van der Waals surface area (Å²) in [6.07, 6.45) is 0.975. The third-order valence-corrected chi connectivity index (χ3v) is 7.22. The van der Waals surface area contributed by atoms with Gasteiger partial charge in [-0.3, -0.25) is 14.3 Å². The monoisotopic (exact) mass is 491 g/mol. The summed E-state index contributed by atoms with van der Waals surface area (Å²) in [5.41, 5.74) is 3.45. The lowest BCUT2D eigenvalue weighted by atomic mass is 9.97. The summed E-state index contributed by atoms with van der Waals surface area (Å²) < 4.78 is 4.76. The van der Waals surface area contributed by atoms with Crippen molar-refractivity contribution >= 4 is 23.4 Å².